The summed E-state index contributed by atoms with van der Waals surface area (Å²) in [6, 6.07) is 11.8. The van der Waals surface area contributed by atoms with Crippen LogP contribution in [0.5, 0.6) is 0 Å². The van der Waals surface area contributed by atoms with Gasteiger partial charge in [-0.05, 0) is 56.1 Å². The number of halogens is 2. The molecule has 16 heavy (non-hydrogen) atoms. The molecule has 0 bridgehead atoms. The van der Waals surface area contributed by atoms with Crippen molar-refractivity contribution >= 4 is 53.9 Å². The molecule has 0 N–H and O–H groups in total. The summed E-state index contributed by atoms with van der Waals surface area (Å²) in [7, 11) is 0. The van der Waals surface area contributed by atoms with E-state index in [1.54, 1.807) is 0 Å². The van der Waals surface area contributed by atoms with E-state index in [2.05, 4.69) is 41.8 Å². The van der Waals surface area contributed by atoms with Crippen molar-refractivity contribution in [2.45, 2.75) is 0 Å². The Morgan fingerprint density at radius 3 is 1.69 bits per heavy atom. The molecule has 0 atom stereocenters. The van der Waals surface area contributed by atoms with E-state index in [0.29, 0.717) is 0 Å². The van der Waals surface area contributed by atoms with E-state index in [-0.39, 0.29) is 0 Å². The average molecular weight is 338 g/mol. The van der Waals surface area contributed by atoms with Crippen molar-refractivity contribution in [3.05, 3.63) is 45.3 Å². The first kappa shape index (κ1) is 10.2. The van der Waals surface area contributed by atoms with Crippen LogP contribution in [0, 0.1) is 0 Å². The van der Waals surface area contributed by atoms with Gasteiger partial charge in [0.25, 0.3) is 0 Å². The minimum Gasteiger partial charge on any atom is -0.244 e. The molecule has 78 valence electrons. The number of nitrogens with zero attached hydrogens (tertiary/aromatic N) is 2. The van der Waals surface area contributed by atoms with Crippen LogP contribution in [0.2, 0.25) is 0 Å². The van der Waals surface area contributed by atoms with E-state index in [0.717, 1.165) is 31.0 Å². The monoisotopic (exact) mass is 336 g/mol. The Morgan fingerprint density at radius 1 is 0.688 bits per heavy atom. The zero-order chi connectivity index (χ0) is 11.1. The summed E-state index contributed by atoms with van der Waals surface area (Å²) in [6.45, 7) is 0. The van der Waals surface area contributed by atoms with E-state index in [1.807, 2.05) is 36.4 Å². The maximum Gasteiger partial charge on any atom is 0.104 e. The number of fused-ring (bicyclic) bond motifs is 2. The van der Waals surface area contributed by atoms with Gasteiger partial charge >= 0.3 is 0 Å². The van der Waals surface area contributed by atoms with Crippen LogP contribution in [0.15, 0.2) is 45.3 Å². The summed E-state index contributed by atoms with van der Waals surface area (Å²) in [5.41, 5.74) is 3.59. The lowest BCUT2D eigenvalue weighted by Crippen LogP contribution is -1.88. The molecule has 3 aromatic rings. The summed E-state index contributed by atoms with van der Waals surface area (Å²) in [5, 5.41) is 0. The van der Waals surface area contributed by atoms with Gasteiger partial charge in [-0.1, -0.05) is 12.1 Å². The first-order chi connectivity index (χ1) is 7.75. The summed E-state index contributed by atoms with van der Waals surface area (Å²) < 4.78 is 1.94. The van der Waals surface area contributed by atoms with Crippen molar-refractivity contribution in [1.29, 1.82) is 0 Å². The average Bonchev–Trinajstić information content (AvgIpc) is 2.28. The van der Waals surface area contributed by atoms with Gasteiger partial charge in [0.2, 0.25) is 0 Å². The van der Waals surface area contributed by atoms with E-state index in [4.69, 9.17) is 0 Å². The molecule has 0 aliphatic heterocycles. The molecular formula is C12H6Br2N2. The van der Waals surface area contributed by atoms with Crippen molar-refractivity contribution in [1.82, 2.24) is 9.97 Å². The normalized spacial score (nSPS) is 11.1. The van der Waals surface area contributed by atoms with E-state index < -0.39 is 0 Å². The predicted octanol–water partition coefficient (Wildman–Crippen LogP) is 4.31. The molecule has 0 spiro atoms. The molecule has 0 aliphatic carbocycles. The highest BCUT2D eigenvalue weighted by molar-refractivity contribution is 9.11. The van der Waals surface area contributed by atoms with Crippen LogP contribution in [0.25, 0.3) is 22.1 Å². The molecule has 4 heteroatoms. The molecule has 1 aromatic heterocycles. The van der Waals surface area contributed by atoms with E-state index in [1.165, 1.54) is 0 Å². The first-order valence-electron chi connectivity index (χ1n) is 4.76. The smallest absolute Gasteiger partial charge is 0.104 e. The van der Waals surface area contributed by atoms with Crippen LogP contribution in [-0.2, 0) is 0 Å². The van der Waals surface area contributed by atoms with Crippen LogP contribution < -0.4 is 0 Å². The minimum atomic E-state index is 0.891. The second kappa shape index (κ2) is 3.79. The lowest BCUT2D eigenvalue weighted by molar-refractivity contribution is 1.38. The molecule has 0 fully saturated rings. The van der Waals surface area contributed by atoms with Gasteiger partial charge in [0.15, 0.2) is 0 Å². The Hall–Kier alpha value is -1.00. The van der Waals surface area contributed by atoms with Gasteiger partial charge in [-0.25, -0.2) is 9.97 Å². The predicted molar refractivity (Wildman–Crippen MR) is 72.4 cm³/mol. The van der Waals surface area contributed by atoms with Crippen LogP contribution in [0.3, 0.4) is 0 Å². The molecular weight excluding hydrogens is 332 g/mol. The van der Waals surface area contributed by atoms with Gasteiger partial charge in [-0.3, -0.25) is 0 Å². The highest BCUT2D eigenvalue weighted by Crippen LogP contribution is 2.26. The summed E-state index contributed by atoms with van der Waals surface area (Å²) in [6.07, 6.45) is 0. The second-order valence-corrected chi connectivity index (χ2v) is 5.15. The van der Waals surface area contributed by atoms with E-state index >= 15 is 0 Å². The zero-order valence-electron chi connectivity index (χ0n) is 8.11. The Kier molecular flexibility index (Phi) is 2.41. The largest absolute Gasteiger partial charge is 0.244 e. The van der Waals surface area contributed by atoms with Gasteiger partial charge in [0.05, 0.1) is 11.0 Å². The van der Waals surface area contributed by atoms with Crippen molar-refractivity contribution in [3.63, 3.8) is 0 Å². The lowest BCUT2D eigenvalue weighted by Gasteiger charge is -2.03. The van der Waals surface area contributed by atoms with E-state index in [9.17, 15) is 0 Å². The number of hydrogen-bond acceptors (Lipinski definition) is 2. The van der Waals surface area contributed by atoms with Crippen molar-refractivity contribution in [2.24, 2.45) is 0 Å². The summed E-state index contributed by atoms with van der Waals surface area (Å²) in [5.74, 6) is 0. The quantitative estimate of drug-likeness (QED) is 0.571. The third-order valence-electron chi connectivity index (χ3n) is 2.40. The Balaban J connectivity index is 2.55. The number of aromatic nitrogens is 2. The number of rotatable bonds is 0. The van der Waals surface area contributed by atoms with Crippen LogP contribution in [0.1, 0.15) is 0 Å². The third-order valence-corrected chi connectivity index (χ3v) is 3.68. The van der Waals surface area contributed by atoms with Gasteiger partial charge < -0.3 is 0 Å². The fourth-order valence-corrected chi connectivity index (χ4v) is 2.54. The highest BCUT2D eigenvalue weighted by Gasteiger charge is 2.06. The fraction of sp³-hybridized carbons (Fsp3) is 0. The summed E-state index contributed by atoms with van der Waals surface area (Å²) in [4.78, 5) is 9.20. The molecule has 2 nitrogen and oxygen atoms in total. The molecule has 2 aromatic carbocycles. The van der Waals surface area contributed by atoms with Crippen LogP contribution in [0.4, 0.5) is 0 Å². The Bertz CT molecular complexity index is 638. The maximum absolute atomic E-state index is 4.62. The first-order valence-corrected chi connectivity index (χ1v) is 6.35. The van der Waals surface area contributed by atoms with Crippen LogP contribution >= 0.6 is 31.9 Å². The van der Waals surface area contributed by atoms with Gasteiger partial charge in [-0.15, -0.1) is 0 Å². The molecule has 0 aliphatic rings. The Labute approximate surface area is 109 Å². The molecule has 0 saturated carbocycles. The number of para-hydroxylation sites is 2. The number of benzene rings is 2. The Morgan fingerprint density at radius 2 is 1.19 bits per heavy atom. The van der Waals surface area contributed by atoms with Crippen molar-refractivity contribution < 1.29 is 0 Å². The molecule has 0 amide bonds. The second-order valence-electron chi connectivity index (χ2n) is 3.44. The number of hydrogen-bond donors (Lipinski definition) is 0. The minimum absolute atomic E-state index is 0.891. The SMILES string of the molecule is Brc1cccc2nc3cccc(Br)c3nc12. The van der Waals surface area contributed by atoms with Gasteiger partial charge in [0, 0.05) is 8.95 Å². The van der Waals surface area contributed by atoms with Crippen LogP contribution in [-0.4, -0.2) is 9.97 Å². The van der Waals surface area contributed by atoms with Crippen molar-refractivity contribution in [2.75, 3.05) is 0 Å². The van der Waals surface area contributed by atoms with Gasteiger partial charge in [-0.2, -0.15) is 0 Å². The van der Waals surface area contributed by atoms with Crippen molar-refractivity contribution in [3.8, 4) is 0 Å². The highest BCUT2D eigenvalue weighted by atomic mass is 79.9. The topological polar surface area (TPSA) is 25.8 Å². The molecule has 0 saturated heterocycles. The molecule has 3 rings (SSSR count). The fourth-order valence-electron chi connectivity index (χ4n) is 1.65. The van der Waals surface area contributed by atoms with Gasteiger partial charge in [0.1, 0.15) is 11.0 Å². The molecule has 0 unspecified atom stereocenters. The standard InChI is InChI=1S/C12H6Br2N2/c13-7-3-1-5-9-11(7)16-12-8(14)4-2-6-10(12)15-9/h1-6H. The molecule has 0 radical (unpaired) electrons. The lowest BCUT2D eigenvalue weighted by atomic mass is 10.2. The summed E-state index contributed by atoms with van der Waals surface area (Å²) >= 11 is 6.98. The maximum atomic E-state index is 4.62. The third kappa shape index (κ3) is 1.53. The zero-order valence-corrected chi connectivity index (χ0v) is 11.3. The molecule has 1 heterocycles.